The van der Waals surface area contributed by atoms with Crippen molar-refractivity contribution in [3.63, 3.8) is 0 Å². The van der Waals surface area contributed by atoms with Gasteiger partial charge in [0.1, 0.15) is 13.2 Å². The van der Waals surface area contributed by atoms with E-state index >= 15 is 0 Å². The van der Waals surface area contributed by atoms with Gasteiger partial charge in [-0.05, 0) is 6.92 Å². The second-order valence-corrected chi connectivity index (χ2v) is 3.77. The van der Waals surface area contributed by atoms with Crippen molar-refractivity contribution in [3.05, 3.63) is 0 Å². The molecule has 0 bridgehead atoms. The molecule has 0 radical (unpaired) electrons. The Bertz CT molecular complexity index is 177. The smallest absolute Gasteiger partial charge is 0.315 e. The van der Waals surface area contributed by atoms with Crippen LogP contribution in [0.1, 0.15) is 6.92 Å². The first kappa shape index (κ1) is 18.3. The van der Waals surface area contributed by atoms with Gasteiger partial charge in [-0.15, -0.1) is 12.6 Å². The first-order valence-corrected chi connectivity index (χ1v) is 6.11. The van der Waals surface area contributed by atoms with Crippen molar-refractivity contribution in [1.82, 2.24) is 0 Å². The van der Waals surface area contributed by atoms with Crippen molar-refractivity contribution in [2.75, 3.05) is 24.7 Å². The monoisotopic (exact) mass is 288 g/mol. The van der Waals surface area contributed by atoms with Crippen LogP contribution in [0.25, 0.3) is 0 Å². The first-order chi connectivity index (χ1) is 7.43. The molecule has 0 rings (SSSR count). The molecule has 0 aliphatic carbocycles. The standard InChI is InChI=1S/C6H10O4S2.C2H6OS/c7-5(3-11)9-1-2-10-6(8)4-12;1-2(3)4/h11-12H,1-4H2;2-4H,1H3. The van der Waals surface area contributed by atoms with Crippen LogP contribution in [0.5, 0.6) is 0 Å². The molecule has 0 aromatic heterocycles. The summed E-state index contributed by atoms with van der Waals surface area (Å²) in [7, 11) is 0. The Labute approximate surface area is 111 Å². The second kappa shape index (κ2) is 13.0. The van der Waals surface area contributed by atoms with Gasteiger partial charge in [0.2, 0.25) is 0 Å². The number of hydrogen-bond donors (Lipinski definition) is 4. The largest absolute Gasteiger partial charge is 0.461 e. The Morgan fingerprint density at radius 2 is 1.38 bits per heavy atom. The van der Waals surface area contributed by atoms with E-state index in [2.05, 4.69) is 47.4 Å². The van der Waals surface area contributed by atoms with Gasteiger partial charge in [0.15, 0.2) is 0 Å². The van der Waals surface area contributed by atoms with E-state index in [1.54, 1.807) is 6.92 Å². The molecule has 96 valence electrons. The highest BCUT2D eigenvalue weighted by molar-refractivity contribution is 7.81. The van der Waals surface area contributed by atoms with Crippen molar-refractivity contribution < 1.29 is 24.2 Å². The fraction of sp³-hybridized carbons (Fsp3) is 0.750. The summed E-state index contributed by atoms with van der Waals surface area (Å²) in [6, 6.07) is 0. The minimum absolute atomic E-state index is 0.0283. The van der Waals surface area contributed by atoms with E-state index in [1.807, 2.05) is 0 Å². The van der Waals surface area contributed by atoms with E-state index in [9.17, 15) is 9.59 Å². The molecule has 0 saturated heterocycles. The minimum atomic E-state index is -0.472. The lowest BCUT2D eigenvalue weighted by atomic mass is 10.7. The van der Waals surface area contributed by atoms with Gasteiger partial charge in [0.25, 0.3) is 0 Å². The van der Waals surface area contributed by atoms with E-state index in [1.165, 1.54) is 0 Å². The Hall–Kier alpha value is -0.0500. The molecule has 0 aliphatic heterocycles. The van der Waals surface area contributed by atoms with Gasteiger partial charge in [0.05, 0.1) is 16.9 Å². The molecule has 0 amide bonds. The Morgan fingerprint density at radius 1 is 1.12 bits per heavy atom. The molecule has 0 spiro atoms. The van der Waals surface area contributed by atoms with Crippen molar-refractivity contribution in [2.24, 2.45) is 0 Å². The molecule has 1 N–H and O–H groups in total. The fourth-order valence-electron chi connectivity index (χ4n) is 0.402. The lowest BCUT2D eigenvalue weighted by molar-refractivity contribution is -0.148. The number of esters is 2. The van der Waals surface area contributed by atoms with Crippen LogP contribution in [-0.4, -0.2) is 47.2 Å². The van der Waals surface area contributed by atoms with Gasteiger partial charge in [-0.3, -0.25) is 9.59 Å². The van der Waals surface area contributed by atoms with Gasteiger partial charge in [-0.25, -0.2) is 0 Å². The van der Waals surface area contributed by atoms with Crippen LogP contribution in [0.15, 0.2) is 0 Å². The third kappa shape index (κ3) is 19.5. The van der Waals surface area contributed by atoms with Crippen LogP contribution < -0.4 is 0 Å². The first-order valence-electron chi connectivity index (χ1n) is 4.33. The van der Waals surface area contributed by atoms with Crippen LogP contribution in [0.3, 0.4) is 0 Å². The third-order valence-electron chi connectivity index (χ3n) is 0.868. The fourth-order valence-corrected chi connectivity index (χ4v) is 0.585. The van der Waals surface area contributed by atoms with Crippen molar-refractivity contribution in [1.29, 1.82) is 0 Å². The number of aliphatic hydroxyl groups is 1. The summed E-state index contributed by atoms with van der Waals surface area (Å²) in [6.45, 7) is 1.72. The maximum atomic E-state index is 10.5. The van der Waals surface area contributed by atoms with E-state index in [4.69, 9.17) is 5.11 Å². The highest BCUT2D eigenvalue weighted by atomic mass is 32.1. The Morgan fingerprint density at radius 3 is 1.56 bits per heavy atom. The van der Waals surface area contributed by atoms with Crippen molar-refractivity contribution >= 4 is 49.8 Å². The van der Waals surface area contributed by atoms with Crippen LogP contribution in [0.4, 0.5) is 0 Å². The quantitative estimate of drug-likeness (QED) is 0.251. The predicted octanol–water partition coefficient (Wildman–Crippen LogP) is 0.187. The van der Waals surface area contributed by atoms with Crippen molar-refractivity contribution in [2.45, 2.75) is 12.4 Å². The SMILES string of the molecule is CC(O)S.O=C(CS)OCCOC(=O)CS. The highest BCUT2D eigenvalue weighted by Crippen LogP contribution is 1.85. The van der Waals surface area contributed by atoms with Crippen LogP contribution in [0, 0.1) is 0 Å². The Balaban J connectivity index is 0. The van der Waals surface area contributed by atoms with Crippen LogP contribution in [-0.2, 0) is 19.1 Å². The predicted molar refractivity (Wildman–Crippen MR) is 70.3 cm³/mol. The van der Waals surface area contributed by atoms with Gasteiger partial charge < -0.3 is 14.6 Å². The summed E-state index contributed by atoms with van der Waals surface area (Å²) in [5, 5.41) is 7.92. The zero-order valence-corrected chi connectivity index (χ0v) is 11.5. The molecular weight excluding hydrogens is 272 g/mol. The minimum Gasteiger partial charge on any atom is -0.461 e. The summed E-state index contributed by atoms with van der Waals surface area (Å²) in [5.74, 6) is -0.804. The van der Waals surface area contributed by atoms with Crippen LogP contribution >= 0.6 is 37.9 Å². The molecule has 0 aliphatic rings. The number of rotatable bonds is 5. The number of ether oxygens (including phenoxy) is 2. The van der Waals surface area contributed by atoms with E-state index < -0.39 is 17.4 Å². The molecule has 8 heteroatoms. The second-order valence-electron chi connectivity index (χ2n) is 2.39. The lowest BCUT2D eigenvalue weighted by Gasteiger charge is -2.03. The number of carbonyl (C=O) groups is 2. The van der Waals surface area contributed by atoms with Gasteiger partial charge in [0, 0.05) is 0 Å². The summed E-state index contributed by atoms with van der Waals surface area (Å²) in [5.41, 5.74) is -0.472. The van der Waals surface area contributed by atoms with Crippen molar-refractivity contribution in [3.8, 4) is 0 Å². The van der Waals surface area contributed by atoms with Gasteiger partial charge in [-0.2, -0.15) is 25.3 Å². The molecular formula is C8H16O5S3. The van der Waals surface area contributed by atoms with E-state index in [-0.39, 0.29) is 24.7 Å². The molecule has 0 fully saturated rings. The molecule has 0 saturated carbocycles. The number of carbonyl (C=O) groups excluding carboxylic acids is 2. The van der Waals surface area contributed by atoms with Crippen LogP contribution in [0.2, 0.25) is 0 Å². The topological polar surface area (TPSA) is 72.8 Å². The summed E-state index contributed by atoms with van der Waals surface area (Å²) < 4.78 is 9.14. The molecule has 1 atom stereocenters. The lowest BCUT2D eigenvalue weighted by Crippen LogP contribution is -2.14. The van der Waals surface area contributed by atoms with Gasteiger partial charge in [-0.1, -0.05) is 0 Å². The molecule has 5 nitrogen and oxygen atoms in total. The zero-order valence-electron chi connectivity index (χ0n) is 8.83. The number of hydrogen-bond acceptors (Lipinski definition) is 8. The normalized spacial score (nSPS) is 10.8. The molecule has 16 heavy (non-hydrogen) atoms. The average molecular weight is 288 g/mol. The maximum Gasteiger partial charge on any atom is 0.315 e. The summed E-state index contributed by atoms with van der Waals surface area (Å²) in [6.07, 6.45) is 0. The highest BCUT2D eigenvalue weighted by Gasteiger charge is 2.00. The number of thiol groups is 3. The average Bonchev–Trinajstić information content (AvgIpc) is 2.22. The number of aliphatic hydroxyl groups excluding tert-OH is 1. The molecule has 1 unspecified atom stereocenters. The van der Waals surface area contributed by atoms with E-state index in [0.717, 1.165) is 0 Å². The van der Waals surface area contributed by atoms with E-state index in [0.29, 0.717) is 0 Å². The Kier molecular flexibility index (Phi) is 14.9. The summed E-state index contributed by atoms with van der Waals surface area (Å²) >= 11 is 10.9. The third-order valence-corrected chi connectivity index (χ3v) is 1.38. The molecule has 0 aromatic rings. The molecule has 0 heterocycles. The summed E-state index contributed by atoms with van der Waals surface area (Å²) in [4.78, 5) is 20.9. The zero-order chi connectivity index (χ0) is 13.0. The maximum absolute atomic E-state index is 10.5. The van der Waals surface area contributed by atoms with Gasteiger partial charge >= 0.3 is 11.9 Å². The molecule has 0 aromatic carbocycles.